The van der Waals surface area contributed by atoms with E-state index in [9.17, 15) is 4.79 Å². The van der Waals surface area contributed by atoms with Crippen molar-refractivity contribution in [2.75, 3.05) is 25.2 Å². The molecule has 1 aliphatic heterocycles. The van der Waals surface area contributed by atoms with Gasteiger partial charge in [-0.05, 0) is 54.3 Å². The summed E-state index contributed by atoms with van der Waals surface area (Å²) in [6.45, 7) is 8.54. The Hall–Kier alpha value is -2.53. The van der Waals surface area contributed by atoms with E-state index < -0.39 is 0 Å². The minimum atomic E-state index is -0.00566. The lowest BCUT2D eigenvalue weighted by molar-refractivity contribution is -0.117. The quantitative estimate of drug-likeness (QED) is 0.751. The van der Waals surface area contributed by atoms with Crippen LogP contribution in [0, 0.1) is 0 Å². The highest BCUT2D eigenvalue weighted by Gasteiger charge is 2.15. The second-order valence-electron chi connectivity index (χ2n) is 6.97. The molecular weight excluding hydrogens is 340 g/mol. The molecule has 1 unspecified atom stereocenters. The van der Waals surface area contributed by atoms with Crippen LogP contribution in [-0.4, -0.2) is 30.7 Å². The van der Waals surface area contributed by atoms with E-state index >= 15 is 0 Å². The third-order valence-electron chi connectivity index (χ3n) is 5.03. The first-order valence-corrected chi connectivity index (χ1v) is 9.59. The number of nitrogens with zero attached hydrogens (tertiary/aromatic N) is 1. The molecule has 2 aromatic carbocycles. The summed E-state index contributed by atoms with van der Waals surface area (Å²) >= 11 is 0. The summed E-state index contributed by atoms with van der Waals surface area (Å²) in [6, 6.07) is 14.1. The summed E-state index contributed by atoms with van der Waals surface area (Å²) in [5.41, 5.74) is 3.24. The molecule has 0 fully saturated rings. The first kappa shape index (κ1) is 19.2. The number of ether oxygens (including phenoxy) is 2. The highest BCUT2D eigenvalue weighted by molar-refractivity contribution is 5.92. The zero-order chi connectivity index (χ0) is 19.2. The second kappa shape index (κ2) is 8.91. The zero-order valence-corrected chi connectivity index (χ0v) is 16.3. The van der Waals surface area contributed by atoms with E-state index in [0.717, 1.165) is 35.7 Å². The minimum absolute atomic E-state index is 0.00566. The van der Waals surface area contributed by atoms with Crippen LogP contribution in [0.15, 0.2) is 42.5 Å². The van der Waals surface area contributed by atoms with Crippen molar-refractivity contribution in [1.82, 2.24) is 4.90 Å². The lowest BCUT2D eigenvalue weighted by Crippen LogP contribution is -2.32. The molecule has 1 amide bonds. The number of rotatable bonds is 8. The minimum Gasteiger partial charge on any atom is -0.454 e. The summed E-state index contributed by atoms with van der Waals surface area (Å²) < 4.78 is 10.8. The fraction of sp³-hybridized carbons (Fsp3) is 0.409. The van der Waals surface area contributed by atoms with Gasteiger partial charge in [0, 0.05) is 12.2 Å². The number of hydrogen-bond donors (Lipinski definition) is 1. The van der Waals surface area contributed by atoms with Crippen molar-refractivity contribution in [1.29, 1.82) is 0 Å². The van der Waals surface area contributed by atoms with E-state index in [1.54, 1.807) is 0 Å². The molecule has 0 bridgehead atoms. The van der Waals surface area contributed by atoms with Crippen LogP contribution in [-0.2, 0) is 11.3 Å². The van der Waals surface area contributed by atoms with Gasteiger partial charge in [0.05, 0.1) is 6.54 Å². The van der Waals surface area contributed by atoms with Gasteiger partial charge in [-0.15, -0.1) is 0 Å². The van der Waals surface area contributed by atoms with Gasteiger partial charge in [-0.1, -0.05) is 39.0 Å². The summed E-state index contributed by atoms with van der Waals surface area (Å²) in [6.07, 6.45) is 1.11. The fourth-order valence-corrected chi connectivity index (χ4v) is 3.11. The van der Waals surface area contributed by atoms with Gasteiger partial charge in [-0.3, -0.25) is 9.69 Å². The standard InChI is InChI=1S/C22H28N2O3/c1-4-16(3)18-7-9-19(10-8-18)23-22(25)14-24(5-2)13-17-6-11-20-21(12-17)27-15-26-20/h6-12,16H,4-5,13-15H2,1-3H3,(H,23,25). The fourth-order valence-electron chi connectivity index (χ4n) is 3.11. The van der Waals surface area contributed by atoms with E-state index in [0.29, 0.717) is 19.0 Å². The number of benzene rings is 2. The maximum absolute atomic E-state index is 12.4. The predicted molar refractivity (Wildman–Crippen MR) is 107 cm³/mol. The molecule has 5 nitrogen and oxygen atoms in total. The Bertz CT molecular complexity index is 774. The predicted octanol–water partition coefficient (Wildman–Crippen LogP) is 4.39. The summed E-state index contributed by atoms with van der Waals surface area (Å²) in [5, 5.41) is 2.99. The summed E-state index contributed by atoms with van der Waals surface area (Å²) in [7, 11) is 0. The van der Waals surface area contributed by atoms with Gasteiger partial charge >= 0.3 is 0 Å². The monoisotopic (exact) mass is 368 g/mol. The Kier molecular flexibility index (Phi) is 6.35. The Labute approximate surface area is 161 Å². The number of nitrogens with one attached hydrogen (secondary N) is 1. The topological polar surface area (TPSA) is 50.8 Å². The average Bonchev–Trinajstić information content (AvgIpc) is 3.15. The van der Waals surface area contributed by atoms with Gasteiger partial charge in [0.25, 0.3) is 0 Å². The second-order valence-corrected chi connectivity index (χ2v) is 6.97. The number of fused-ring (bicyclic) bond motifs is 1. The van der Waals surface area contributed by atoms with Gasteiger partial charge in [0.2, 0.25) is 12.7 Å². The lowest BCUT2D eigenvalue weighted by atomic mass is 9.99. The van der Waals surface area contributed by atoms with Crippen LogP contribution >= 0.6 is 0 Å². The first-order chi connectivity index (χ1) is 13.1. The van der Waals surface area contributed by atoms with E-state index in [1.807, 2.05) is 30.3 Å². The molecule has 0 saturated heterocycles. The number of likely N-dealkylation sites (N-methyl/N-ethyl adjacent to an activating group) is 1. The van der Waals surface area contributed by atoms with Crippen molar-refractivity contribution in [3.05, 3.63) is 53.6 Å². The van der Waals surface area contributed by atoms with Crippen molar-refractivity contribution < 1.29 is 14.3 Å². The highest BCUT2D eigenvalue weighted by Crippen LogP contribution is 2.32. The molecule has 0 aliphatic carbocycles. The highest BCUT2D eigenvalue weighted by atomic mass is 16.7. The number of carbonyl (C=O) groups is 1. The van der Waals surface area contributed by atoms with E-state index in [1.165, 1.54) is 5.56 Å². The Balaban J connectivity index is 1.55. The van der Waals surface area contributed by atoms with Crippen molar-refractivity contribution in [2.24, 2.45) is 0 Å². The third-order valence-corrected chi connectivity index (χ3v) is 5.03. The molecule has 27 heavy (non-hydrogen) atoms. The van der Waals surface area contributed by atoms with Crippen LogP contribution in [0.2, 0.25) is 0 Å². The Morgan fingerprint density at radius 2 is 1.85 bits per heavy atom. The van der Waals surface area contributed by atoms with Crippen LogP contribution in [0.25, 0.3) is 0 Å². The Morgan fingerprint density at radius 3 is 2.56 bits per heavy atom. The number of anilines is 1. The molecule has 0 spiro atoms. The number of carbonyl (C=O) groups excluding carboxylic acids is 1. The molecule has 1 heterocycles. The first-order valence-electron chi connectivity index (χ1n) is 9.59. The van der Waals surface area contributed by atoms with Crippen LogP contribution in [0.5, 0.6) is 11.5 Å². The molecule has 2 aromatic rings. The van der Waals surface area contributed by atoms with E-state index in [2.05, 4.69) is 43.1 Å². The molecule has 0 saturated carbocycles. The SMILES string of the molecule is CCC(C)c1ccc(NC(=O)CN(CC)Cc2ccc3c(c2)OCO3)cc1. The van der Waals surface area contributed by atoms with E-state index in [4.69, 9.17) is 9.47 Å². The summed E-state index contributed by atoms with van der Waals surface area (Å²) in [5.74, 6) is 2.08. The molecule has 1 N–H and O–H groups in total. The number of hydrogen-bond acceptors (Lipinski definition) is 4. The van der Waals surface area contributed by atoms with Crippen molar-refractivity contribution >= 4 is 11.6 Å². The largest absolute Gasteiger partial charge is 0.454 e. The lowest BCUT2D eigenvalue weighted by Gasteiger charge is -2.20. The van der Waals surface area contributed by atoms with Crippen molar-refractivity contribution in [3.63, 3.8) is 0 Å². The molecule has 3 rings (SSSR count). The van der Waals surface area contributed by atoms with Crippen LogP contribution in [0.4, 0.5) is 5.69 Å². The van der Waals surface area contributed by atoms with Crippen molar-refractivity contribution in [3.8, 4) is 11.5 Å². The summed E-state index contributed by atoms with van der Waals surface area (Å²) in [4.78, 5) is 14.5. The van der Waals surface area contributed by atoms with Gasteiger partial charge in [0.1, 0.15) is 0 Å². The van der Waals surface area contributed by atoms with Gasteiger partial charge in [-0.25, -0.2) is 0 Å². The third kappa shape index (κ3) is 5.01. The Morgan fingerprint density at radius 1 is 1.11 bits per heavy atom. The number of amides is 1. The van der Waals surface area contributed by atoms with E-state index in [-0.39, 0.29) is 12.7 Å². The van der Waals surface area contributed by atoms with Gasteiger partial charge in [-0.2, -0.15) is 0 Å². The molecule has 5 heteroatoms. The molecule has 0 aromatic heterocycles. The molecule has 0 radical (unpaired) electrons. The average molecular weight is 368 g/mol. The van der Waals surface area contributed by atoms with Crippen LogP contribution in [0.3, 0.4) is 0 Å². The van der Waals surface area contributed by atoms with Crippen molar-refractivity contribution in [2.45, 2.75) is 39.7 Å². The van der Waals surface area contributed by atoms with Crippen LogP contribution < -0.4 is 14.8 Å². The molecule has 1 aliphatic rings. The molecule has 144 valence electrons. The maximum Gasteiger partial charge on any atom is 0.238 e. The zero-order valence-electron chi connectivity index (χ0n) is 16.3. The maximum atomic E-state index is 12.4. The smallest absolute Gasteiger partial charge is 0.238 e. The normalized spacial score (nSPS) is 13.6. The van der Waals surface area contributed by atoms with Gasteiger partial charge in [0.15, 0.2) is 11.5 Å². The molecular formula is C22H28N2O3. The molecule has 1 atom stereocenters. The van der Waals surface area contributed by atoms with Crippen LogP contribution in [0.1, 0.15) is 44.2 Å². The van der Waals surface area contributed by atoms with Gasteiger partial charge < -0.3 is 14.8 Å².